The Balaban J connectivity index is 3.12. The second kappa shape index (κ2) is 8.79. The lowest BCUT2D eigenvalue weighted by Gasteiger charge is -2.14. The van der Waals surface area contributed by atoms with E-state index in [1.807, 2.05) is 0 Å². The number of rotatable bonds is 8. The summed E-state index contributed by atoms with van der Waals surface area (Å²) in [5.74, 6) is 0.781. The highest BCUT2D eigenvalue weighted by molar-refractivity contribution is 6.17. The van der Waals surface area contributed by atoms with Crippen LogP contribution in [0.3, 0.4) is 0 Å². The number of alkyl halides is 1. The van der Waals surface area contributed by atoms with Crippen LogP contribution >= 0.6 is 11.6 Å². The summed E-state index contributed by atoms with van der Waals surface area (Å²) >= 11 is 5.61. The third kappa shape index (κ3) is 10.1. The molecule has 0 aromatic rings. The number of hydrogen-bond acceptors (Lipinski definition) is 2. The molecule has 80 valence electrons. The fraction of sp³-hybridized carbons (Fsp3) is 1.00. The van der Waals surface area contributed by atoms with E-state index in [1.54, 1.807) is 0 Å². The molecule has 0 amide bonds. The molecule has 0 aliphatic carbocycles. The topological polar surface area (TPSA) is 15.3 Å². The molecule has 1 N–H and O–H groups in total. The summed E-state index contributed by atoms with van der Waals surface area (Å²) in [6.45, 7) is 4.50. The van der Waals surface area contributed by atoms with Gasteiger partial charge in [0.15, 0.2) is 0 Å². The molecule has 0 bridgehead atoms. The molecule has 1 unspecified atom stereocenters. The van der Waals surface area contributed by atoms with Crippen molar-refractivity contribution in [1.29, 1.82) is 0 Å². The van der Waals surface area contributed by atoms with Crippen molar-refractivity contribution in [3.05, 3.63) is 0 Å². The summed E-state index contributed by atoms with van der Waals surface area (Å²) < 4.78 is 0. The van der Waals surface area contributed by atoms with Gasteiger partial charge in [0.1, 0.15) is 0 Å². The predicted molar refractivity (Wildman–Crippen MR) is 60.6 cm³/mol. The first-order valence-electron chi connectivity index (χ1n) is 5.11. The number of halogens is 1. The van der Waals surface area contributed by atoms with Gasteiger partial charge in [-0.1, -0.05) is 0 Å². The molecule has 0 aromatic heterocycles. The smallest absolute Gasteiger partial charge is 0.0224 e. The summed E-state index contributed by atoms with van der Waals surface area (Å²) in [4.78, 5) is 2.21. The fourth-order valence-corrected chi connectivity index (χ4v) is 1.38. The van der Waals surface area contributed by atoms with Gasteiger partial charge in [-0.25, -0.2) is 0 Å². The monoisotopic (exact) mass is 206 g/mol. The normalized spacial score (nSPS) is 13.6. The fourth-order valence-electron chi connectivity index (χ4n) is 1.23. The molecule has 0 radical (unpaired) electrons. The molecule has 0 aliphatic heterocycles. The van der Waals surface area contributed by atoms with Gasteiger partial charge in [0.05, 0.1) is 0 Å². The van der Waals surface area contributed by atoms with Crippen LogP contribution in [0.15, 0.2) is 0 Å². The van der Waals surface area contributed by atoms with Crippen molar-refractivity contribution in [2.75, 3.05) is 33.1 Å². The van der Waals surface area contributed by atoms with Gasteiger partial charge in [-0.2, -0.15) is 0 Å². The first kappa shape index (κ1) is 13.2. The highest BCUT2D eigenvalue weighted by atomic mass is 35.5. The van der Waals surface area contributed by atoms with E-state index in [0.29, 0.717) is 6.04 Å². The zero-order chi connectivity index (χ0) is 10.1. The molecule has 3 heteroatoms. The van der Waals surface area contributed by atoms with E-state index in [-0.39, 0.29) is 0 Å². The maximum absolute atomic E-state index is 5.61. The maximum Gasteiger partial charge on any atom is 0.0224 e. The van der Waals surface area contributed by atoms with Crippen LogP contribution in [-0.2, 0) is 0 Å². The Morgan fingerprint density at radius 1 is 1.31 bits per heavy atom. The van der Waals surface area contributed by atoms with E-state index < -0.39 is 0 Å². The predicted octanol–water partition coefficient (Wildman–Crippen LogP) is 1.94. The largest absolute Gasteiger partial charge is 0.314 e. The minimum atomic E-state index is 0.612. The van der Waals surface area contributed by atoms with Crippen LogP contribution in [0, 0.1) is 0 Å². The van der Waals surface area contributed by atoms with Crippen molar-refractivity contribution in [3.63, 3.8) is 0 Å². The van der Waals surface area contributed by atoms with Crippen LogP contribution in [0.5, 0.6) is 0 Å². The highest BCUT2D eigenvalue weighted by Crippen LogP contribution is 1.97. The van der Waals surface area contributed by atoms with E-state index in [1.165, 1.54) is 12.8 Å². The van der Waals surface area contributed by atoms with E-state index in [0.717, 1.165) is 25.4 Å². The van der Waals surface area contributed by atoms with E-state index >= 15 is 0 Å². The Morgan fingerprint density at radius 3 is 2.54 bits per heavy atom. The van der Waals surface area contributed by atoms with Crippen LogP contribution in [-0.4, -0.2) is 44.0 Å². The number of nitrogens with one attached hydrogen (secondary N) is 1. The summed E-state index contributed by atoms with van der Waals surface area (Å²) in [5.41, 5.74) is 0. The summed E-state index contributed by atoms with van der Waals surface area (Å²) in [6, 6.07) is 0.612. The summed E-state index contributed by atoms with van der Waals surface area (Å²) in [7, 11) is 4.22. The quantitative estimate of drug-likeness (QED) is 0.483. The van der Waals surface area contributed by atoms with Crippen molar-refractivity contribution in [2.45, 2.75) is 32.2 Å². The van der Waals surface area contributed by atoms with Crippen LogP contribution in [0.4, 0.5) is 0 Å². The minimum absolute atomic E-state index is 0.612. The van der Waals surface area contributed by atoms with Crippen molar-refractivity contribution in [3.8, 4) is 0 Å². The van der Waals surface area contributed by atoms with E-state index in [2.05, 4.69) is 31.2 Å². The lowest BCUT2D eigenvalue weighted by atomic mass is 10.2. The third-order valence-electron chi connectivity index (χ3n) is 2.05. The van der Waals surface area contributed by atoms with Crippen molar-refractivity contribution in [1.82, 2.24) is 10.2 Å². The van der Waals surface area contributed by atoms with Crippen molar-refractivity contribution >= 4 is 11.6 Å². The molecule has 0 saturated carbocycles. The number of hydrogen-bond donors (Lipinski definition) is 1. The minimum Gasteiger partial charge on any atom is -0.314 e. The molecular weight excluding hydrogens is 184 g/mol. The standard InChI is InChI=1S/C10H23ClN2/c1-10(6-4-7-11)12-8-5-9-13(2)3/h10,12H,4-9H2,1-3H3. The first-order chi connectivity index (χ1) is 6.16. The maximum atomic E-state index is 5.61. The molecule has 0 aliphatic rings. The molecule has 13 heavy (non-hydrogen) atoms. The summed E-state index contributed by atoms with van der Waals surface area (Å²) in [5, 5.41) is 3.49. The second-order valence-electron chi connectivity index (χ2n) is 3.84. The third-order valence-corrected chi connectivity index (χ3v) is 2.31. The Morgan fingerprint density at radius 2 is 2.00 bits per heavy atom. The van der Waals surface area contributed by atoms with Gasteiger partial charge in [-0.15, -0.1) is 11.6 Å². The van der Waals surface area contributed by atoms with E-state index in [4.69, 9.17) is 11.6 Å². The first-order valence-corrected chi connectivity index (χ1v) is 5.64. The van der Waals surface area contributed by atoms with Crippen LogP contribution < -0.4 is 5.32 Å². The van der Waals surface area contributed by atoms with Crippen LogP contribution in [0.25, 0.3) is 0 Å². The Hall–Kier alpha value is 0.210. The summed E-state index contributed by atoms with van der Waals surface area (Å²) in [6.07, 6.45) is 3.52. The Labute approximate surface area is 87.6 Å². The van der Waals surface area contributed by atoms with Gasteiger partial charge < -0.3 is 10.2 Å². The average molecular weight is 207 g/mol. The van der Waals surface area contributed by atoms with Gasteiger partial charge in [0, 0.05) is 11.9 Å². The molecule has 0 fully saturated rings. The van der Waals surface area contributed by atoms with Gasteiger partial charge in [0.25, 0.3) is 0 Å². The molecule has 0 aromatic carbocycles. The number of nitrogens with zero attached hydrogens (tertiary/aromatic N) is 1. The van der Waals surface area contributed by atoms with E-state index in [9.17, 15) is 0 Å². The van der Waals surface area contributed by atoms with Crippen LogP contribution in [0.2, 0.25) is 0 Å². The lowest BCUT2D eigenvalue weighted by Crippen LogP contribution is -2.29. The van der Waals surface area contributed by atoms with Gasteiger partial charge in [-0.3, -0.25) is 0 Å². The lowest BCUT2D eigenvalue weighted by molar-refractivity contribution is 0.385. The highest BCUT2D eigenvalue weighted by Gasteiger charge is 1.99. The Bertz CT molecular complexity index is 107. The molecule has 0 rings (SSSR count). The molecule has 0 spiro atoms. The van der Waals surface area contributed by atoms with Crippen molar-refractivity contribution < 1.29 is 0 Å². The zero-order valence-corrected chi connectivity index (χ0v) is 9.90. The average Bonchev–Trinajstić information content (AvgIpc) is 2.08. The molecular formula is C10H23ClN2. The van der Waals surface area contributed by atoms with Gasteiger partial charge in [-0.05, 0) is 53.4 Å². The molecule has 0 saturated heterocycles. The van der Waals surface area contributed by atoms with Crippen LogP contribution in [0.1, 0.15) is 26.2 Å². The Kier molecular flexibility index (Phi) is 8.93. The second-order valence-corrected chi connectivity index (χ2v) is 4.22. The SMILES string of the molecule is CC(CCCCl)NCCCN(C)C. The molecule has 0 heterocycles. The zero-order valence-electron chi connectivity index (χ0n) is 9.15. The molecule has 1 atom stereocenters. The van der Waals surface area contributed by atoms with Crippen molar-refractivity contribution in [2.24, 2.45) is 0 Å². The molecule has 2 nitrogen and oxygen atoms in total. The van der Waals surface area contributed by atoms with Gasteiger partial charge >= 0.3 is 0 Å². The van der Waals surface area contributed by atoms with Gasteiger partial charge in [0.2, 0.25) is 0 Å².